The van der Waals surface area contributed by atoms with Crippen molar-refractivity contribution < 1.29 is 39.2 Å². The first-order chi connectivity index (χ1) is 18.7. The van der Waals surface area contributed by atoms with E-state index in [0.29, 0.717) is 24.1 Å². The number of primary amides is 1. The molecule has 208 valence electrons. The first kappa shape index (κ1) is 29.5. The lowest BCUT2D eigenvalue weighted by molar-refractivity contribution is -0.131. The predicted molar refractivity (Wildman–Crippen MR) is 144 cm³/mol. The highest BCUT2D eigenvalue weighted by Crippen LogP contribution is 2.41. The van der Waals surface area contributed by atoms with E-state index in [1.165, 1.54) is 12.1 Å². The number of hydrogen-bond acceptors (Lipinski definition) is 8. The van der Waals surface area contributed by atoms with Crippen LogP contribution in [0.25, 0.3) is 11.1 Å². The average molecular weight is 539 g/mol. The SMILES string of the molecule is C=CCOC(=O)Nc1ccc(-c2ccc(O)c3c2CC(CC(CCO)C(CO)C(=O)CC(N)=O)CC3=O)cc1. The van der Waals surface area contributed by atoms with Crippen LogP contribution >= 0.6 is 0 Å². The second-order valence-electron chi connectivity index (χ2n) is 9.68. The third-order valence-corrected chi connectivity index (χ3v) is 6.97. The molecule has 2 aromatic rings. The van der Waals surface area contributed by atoms with Gasteiger partial charge in [-0.1, -0.05) is 30.9 Å². The largest absolute Gasteiger partial charge is 0.507 e. The molecule has 0 bridgehead atoms. The molecular formula is C29H34N2O8. The summed E-state index contributed by atoms with van der Waals surface area (Å²) in [7, 11) is 0. The molecule has 10 heteroatoms. The Labute approximate surface area is 226 Å². The lowest BCUT2D eigenvalue weighted by Crippen LogP contribution is -2.33. The Kier molecular flexibility index (Phi) is 10.4. The van der Waals surface area contributed by atoms with Crippen LogP contribution < -0.4 is 11.1 Å². The predicted octanol–water partition coefficient (Wildman–Crippen LogP) is 2.98. The number of nitrogens with one attached hydrogen (secondary N) is 1. The average Bonchev–Trinajstić information content (AvgIpc) is 2.88. The smallest absolute Gasteiger partial charge is 0.411 e. The van der Waals surface area contributed by atoms with E-state index in [1.54, 1.807) is 30.3 Å². The van der Waals surface area contributed by atoms with Crippen molar-refractivity contribution in [1.82, 2.24) is 0 Å². The van der Waals surface area contributed by atoms with E-state index in [1.807, 2.05) is 0 Å². The normalized spacial score (nSPS) is 16.1. The van der Waals surface area contributed by atoms with Crippen molar-refractivity contribution in [3.63, 3.8) is 0 Å². The number of rotatable bonds is 13. The summed E-state index contributed by atoms with van der Waals surface area (Å²) >= 11 is 0. The van der Waals surface area contributed by atoms with Gasteiger partial charge < -0.3 is 25.8 Å². The van der Waals surface area contributed by atoms with Gasteiger partial charge in [-0.05, 0) is 66.0 Å². The summed E-state index contributed by atoms with van der Waals surface area (Å²) in [6.45, 7) is 2.85. The van der Waals surface area contributed by atoms with Crippen LogP contribution in [-0.2, 0) is 20.7 Å². The Balaban J connectivity index is 1.86. The molecule has 1 aliphatic carbocycles. The second-order valence-corrected chi connectivity index (χ2v) is 9.68. The molecule has 0 fully saturated rings. The summed E-state index contributed by atoms with van der Waals surface area (Å²) in [5, 5.41) is 32.6. The molecule has 0 aromatic heterocycles. The number of hydrogen-bond donors (Lipinski definition) is 5. The number of phenolic OH excluding ortho intramolecular Hbond substituents is 1. The van der Waals surface area contributed by atoms with Crippen molar-refractivity contribution in [1.29, 1.82) is 0 Å². The van der Waals surface area contributed by atoms with Gasteiger partial charge >= 0.3 is 6.09 Å². The fraction of sp³-hybridized carbons (Fsp3) is 0.379. The van der Waals surface area contributed by atoms with Crippen LogP contribution in [0.4, 0.5) is 10.5 Å². The van der Waals surface area contributed by atoms with E-state index in [4.69, 9.17) is 10.5 Å². The Morgan fingerprint density at radius 1 is 1.13 bits per heavy atom. The van der Waals surface area contributed by atoms with Crippen molar-refractivity contribution in [2.24, 2.45) is 23.5 Å². The highest BCUT2D eigenvalue weighted by Gasteiger charge is 2.35. The van der Waals surface area contributed by atoms with Gasteiger partial charge in [0, 0.05) is 24.6 Å². The maximum absolute atomic E-state index is 13.2. The van der Waals surface area contributed by atoms with Crippen LogP contribution in [0, 0.1) is 17.8 Å². The molecule has 10 nitrogen and oxygen atoms in total. The summed E-state index contributed by atoms with van der Waals surface area (Å²) in [6.07, 6.45) is 1.45. The number of anilines is 1. The highest BCUT2D eigenvalue weighted by molar-refractivity contribution is 6.03. The zero-order valence-electron chi connectivity index (χ0n) is 21.6. The molecule has 3 atom stereocenters. The Morgan fingerprint density at radius 2 is 1.85 bits per heavy atom. The number of phenols is 1. The van der Waals surface area contributed by atoms with Crippen LogP contribution in [0.5, 0.6) is 5.75 Å². The number of ketones is 2. The van der Waals surface area contributed by atoms with E-state index >= 15 is 0 Å². The molecule has 3 unspecified atom stereocenters. The number of carbonyl (C=O) groups excluding carboxylic acids is 4. The fourth-order valence-corrected chi connectivity index (χ4v) is 5.24. The van der Waals surface area contributed by atoms with Gasteiger partial charge in [0.15, 0.2) is 5.78 Å². The van der Waals surface area contributed by atoms with Crippen LogP contribution in [-0.4, -0.2) is 58.7 Å². The van der Waals surface area contributed by atoms with Crippen molar-refractivity contribution >= 4 is 29.3 Å². The quantitative estimate of drug-likeness (QED) is 0.191. The Hall–Kier alpha value is -4.02. The topological polar surface area (TPSA) is 176 Å². The van der Waals surface area contributed by atoms with Gasteiger partial charge in [0.2, 0.25) is 5.91 Å². The molecule has 39 heavy (non-hydrogen) atoms. The first-order valence-corrected chi connectivity index (χ1v) is 12.7. The number of benzene rings is 2. The molecule has 2 aromatic carbocycles. The lowest BCUT2D eigenvalue weighted by atomic mass is 9.72. The van der Waals surface area contributed by atoms with Gasteiger partial charge in [-0.15, -0.1) is 0 Å². The number of nitrogens with two attached hydrogens (primary N) is 1. The monoisotopic (exact) mass is 538 g/mol. The van der Waals surface area contributed by atoms with E-state index in [2.05, 4.69) is 11.9 Å². The van der Waals surface area contributed by atoms with Crippen molar-refractivity contribution in [2.75, 3.05) is 25.1 Å². The molecule has 2 amide bonds. The minimum Gasteiger partial charge on any atom is -0.507 e. The van der Waals surface area contributed by atoms with E-state index in [9.17, 15) is 34.5 Å². The van der Waals surface area contributed by atoms with Crippen molar-refractivity contribution in [3.8, 4) is 16.9 Å². The van der Waals surface area contributed by atoms with E-state index in [0.717, 1.165) is 11.1 Å². The molecule has 0 radical (unpaired) electrons. The zero-order chi connectivity index (χ0) is 28.5. The number of fused-ring (bicyclic) bond motifs is 1. The summed E-state index contributed by atoms with van der Waals surface area (Å²) in [5.41, 5.74) is 8.09. The maximum Gasteiger partial charge on any atom is 0.411 e. The maximum atomic E-state index is 13.2. The Bertz CT molecular complexity index is 1220. The third-order valence-electron chi connectivity index (χ3n) is 6.97. The number of aromatic hydroxyl groups is 1. The number of carbonyl (C=O) groups is 4. The van der Waals surface area contributed by atoms with E-state index in [-0.39, 0.29) is 49.1 Å². The fourth-order valence-electron chi connectivity index (χ4n) is 5.24. The molecule has 6 N–H and O–H groups in total. The molecule has 0 saturated heterocycles. The molecule has 0 saturated carbocycles. The van der Waals surface area contributed by atoms with Crippen molar-refractivity contribution in [2.45, 2.75) is 32.1 Å². The summed E-state index contributed by atoms with van der Waals surface area (Å²) in [4.78, 5) is 48.8. The van der Waals surface area contributed by atoms with Crippen molar-refractivity contribution in [3.05, 3.63) is 60.2 Å². The van der Waals surface area contributed by atoms with Gasteiger partial charge in [0.25, 0.3) is 0 Å². The van der Waals surface area contributed by atoms with Gasteiger partial charge in [-0.25, -0.2) is 4.79 Å². The minimum atomic E-state index is -0.886. The van der Waals surface area contributed by atoms with Crippen LogP contribution in [0.2, 0.25) is 0 Å². The van der Waals surface area contributed by atoms with Crippen LogP contribution in [0.15, 0.2) is 49.1 Å². The third kappa shape index (κ3) is 7.52. The zero-order valence-corrected chi connectivity index (χ0v) is 21.6. The van der Waals surface area contributed by atoms with Crippen LogP contribution in [0.3, 0.4) is 0 Å². The molecule has 1 aliphatic rings. The Morgan fingerprint density at radius 3 is 2.46 bits per heavy atom. The standard InChI is InChI=1S/C29H34N2O8/c1-2-11-39-29(38)31-20-5-3-18(4-6-20)21-7-8-24(34)28-22(21)13-17(14-26(28)36)12-19(9-10-32)23(16-33)25(35)15-27(30)37/h2-8,17,19,23,32-34H,1,9-16H2,(H2,30,37)(H,31,38). The van der Waals surface area contributed by atoms with Gasteiger partial charge in [0.1, 0.15) is 18.1 Å². The molecule has 0 heterocycles. The summed E-state index contributed by atoms with van der Waals surface area (Å²) < 4.78 is 4.92. The number of aliphatic hydroxyl groups is 2. The number of aliphatic hydroxyl groups excluding tert-OH is 2. The van der Waals surface area contributed by atoms with Gasteiger partial charge in [0.05, 0.1) is 18.6 Å². The van der Waals surface area contributed by atoms with E-state index < -0.39 is 42.6 Å². The molecule has 0 spiro atoms. The first-order valence-electron chi connectivity index (χ1n) is 12.7. The number of ether oxygens (including phenoxy) is 1. The number of Topliss-reactive ketones (excluding diaryl/α,β-unsaturated/α-hetero) is 2. The van der Waals surface area contributed by atoms with Crippen LogP contribution in [0.1, 0.15) is 41.6 Å². The number of amides is 2. The van der Waals surface area contributed by atoms with Gasteiger partial charge in [-0.2, -0.15) is 0 Å². The second kappa shape index (κ2) is 13.7. The van der Waals surface area contributed by atoms with Gasteiger partial charge in [-0.3, -0.25) is 19.7 Å². The summed E-state index contributed by atoms with van der Waals surface area (Å²) in [5.74, 6) is -3.21. The molecule has 0 aliphatic heterocycles. The lowest BCUT2D eigenvalue weighted by Gasteiger charge is -2.31. The highest BCUT2D eigenvalue weighted by atomic mass is 16.5. The minimum absolute atomic E-state index is 0.0796. The molecular weight excluding hydrogens is 504 g/mol. The molecule has 3 rings (SSSR count). The summed E-state index contributed by atoms with van der Waals surface area (Å²) in [6, 6.07) is 10.1.